The van der Waals surface area contributed by atoms with Crippen LogP contribution in [-0.2, 0) is 27.9 Å². The van der Waals surface area contributed by atoms with Gasteiger partial charge in [0.15, 0.2) is 0 Å². The van der Waals surface area contributed by atoms with Crippen LogP contribution in [-0.4, -0.2) is 77.2 Å². The molecule has 2 N–H and O–H groups in total. The molecule has 0 rings (SSSR count). The Morgan fingerprint density at radius 3 is 1.78 bits per heavy atom. The maximum Gasteiger partial charge on any atom is 0.320 e. The summed E-state index contributed by atoms with van der Waals surface area (Å²) in [7, 11) is 1.29. The molecule has 0 bridgehead atoms. The first-order valence-electron chi connectivity index (χ1n) is 14.0. The van der Waals surface area contributed by atoms with E-state index in [-0.39, 0.29) is 26.4 Å². The summed E-state index contributed by atoms with van der Waals surface area (Å²) in [6, 6.07) is 0. The third-order valence-electron chi connectivity index (χ3n) is 5.84. The van der Waals surface area contributed by atoms with Crippen LogP contribution in [0.5, 0.6) is 0 Å². The third kappa shape index (κ3) is 25.1. The zero-order valence-corrected chi connectivity index (χ0v) is 24.4. The molecule has 0 amide bonds. The van der Waals surface area contributed by atoms with E-state index >= 15 is 0 Å². The fourth-order valence-electron chi connectivity index (χ4n) is 3.60. The summed E-state index contributed by atoms with van der Waals surface area (Å²) >= 11 is 0. The summed E-state index contributed by atoms with van der Waals surface area (Å²) in [5, 5.41) is 0. The molecule has 36 heavy (non-hydrogen) atoms. The van der Waals surface area contributed by atoms with Crippen LogP contribution in [0.4, 0.5) is 0 Å². The molecule has 9 nitrogen and oxygen atoms in total. The molecular weight excluding hydrogens is 483 g/mol. The first kappa shape index (κ1) is 35.5. The molecule has 0 spiro atoms. The van der Waals surface area contributed by atoms with Gasteiger partial charge in [-0.1, -0.05) is 90.4 Å². The van der Waals surface area contributed by atoms with Crippen molar-refractivity contribution in [1.29, 1.82) is 0 Å². The molecule has 0 aliphatic carbocycles. The monoisotopic (exact) mass is 538 g/mol. The molecule has 1 unspecified atom stereocenters. The Hall–Kier alpha value is -0.540. The molecule has 10 heteroatoms. The lowest BCUT2D eigenvalue weighted by Gasteiger charge is -2.28. The molecule has 216 valence electrons. The van der Waals surface area contributed by atoms with E-state index in [1.54, 1.807) is 0 Å². The number of carbonyl (C=O) groups is 1. The van der Waals surface area contributed by atoms with Gasteiger partial charge >= 0.3 is 5.97 Å². The fourth-order valence-corrected chi connectivity index (χ4v) is 4.33. The van der Waals surface area contributed by atoms with E-state index in [1.807, 2.05) is 21.1 Å². The average Bonchev–Trinajstić information content (AvgIpc) is 2.81. The number of phosphoric ester groups is 1. The zero-order valence-electron chi connectivity index (χ0n) is 23.5. The van der Waals surface area contributed by atoms with Gasteiger partial charge < -0.3 is 33.6 Å². The highest BCUT2D eigenvalue weighted by molar-refractivity contribution is 7.45. The predicted molar refractivity (Wildman–Crippen MR) is 142 cm³/mol. The molecule has 0 saturated heterocycles. The minimum absolute atomic E-state index is 0.00710. The number of quaternary nitrogens is 1. The molecule has 0 radical (unpaired) electrons. The van der Waals surface area contributed by atoms with E-state index in [1.165, 1.54) is 77.0 Å². The highest BCUT2D eigenvalue weighted by Crippen LogP contribution is 2.38. The van der Waals surface area contributed by atoms with E-state index in [2.05, 4.69) is 6.92 Å². The average molecular weight is 539 g/mol. The normalized spacial score (nSPS) is 14.5. The number of carbonyl (C=O) groups excluding carboxylic acids is 1. The molecule has 0 aromatic rings. The summed E-state index contributed by atoms with van der Waals surface area (Å²) in [6.45, 7) is 2.66. The number of nitrogens with zero attached hydrogens (tertiary/aromatic N) is 1. The van der Waals surface area contributed by atoms with Gasteiger partial charge in [-0.2, -0.15) is 0 Å². The van der Waals surface area contributed by atoms with Crippen LogP contribution < -0.4 is 10.6 Å². The number of ether oxygens (including phenoxy) is 2. The van der Waals surface area contributed by atoms with E-state index in [9.17, 15) is 14.3 Å². The highest BCUT2D eigenvalue weighted by atomic mass is 31.2. The summed E-state index contributed by atoms with van der Waals surface area (Å²) in [6.07, 6.45) is 17.1. The van der Waals surface area contributed by atoms with Crippen molar-refractivity contribution < 1.29 is 37.3 Å². The second kappa shape index (κ2) is 22.4. The van der Waals surface area contributed by atoms with E-state index in [0.717, 1.165) is 12.8 Å². The minimum Gasteiger partial charge on any atom is -0.756 e. The van der Waals surface area contributed by atoms with Crippen LogP contribution >= 0.6 is 7.82 Å². The summed E-state index contributed by atoms with van der Waals surface area (Å²) in [5.74, 6) is -0.643. The largest absolute Gasteiger partial charge is 0.756 e. The van der Waals surface area contributed by atoms with Gasteiger partial charge in [0.1, 0.15) is 19.3 Å². The van der Waals surface area contributed by atoms with Gasteiger partial charge in [0, 0.05) is 6.61 Å². The van der Waals surface area contributed by atoms with E-state index in [0.29, 0.717) is 17.6 Å². The first-order chi connectivity index (χ1) is 17.1. The number of nitrogens with two attached hydrogens (primary N) is 1. The first-order valence-corrected chi connectivity index (χ1v) is 15.4. The molecule has 0 heterocycles. The Morgan fingerprint density at radius 1 is 0.806 bits per heavy atom. The van der Waals surface area contributed by atoms with Crippen molar-refractivity contribution in [2.45, 2.75) is 103 Å². The van der Waals surface area contributed by atoms with Gasteiger partial charge in [-0.05, 0) is 6.42 Å². The predicted octanol–water partition coefficient (Wildman–Crippen LogP) is 4.56. The SMILES string of the molecule is CCCCCCCCCCCCCCCCOC[C@H](COP(=O)([O-])OCC[N+](C)(C)C)OC(=O)CN. The molecule has 0 aromatic carbocycles. The Balaban J connectivity index is 3.88. The second-order valence-electron chi connectivity index (χ2n) is 10.6. The number of hydrogen-bond donors (Lipinski definition) is 1. The van der Waals surface area contributed by atoms with E-state index < -0.39 is 19.9 Å². The fraction of sp³-hybridized carbons (Fsp3) is 0.962. The third-order valence-corrected chi connectivity index (χ3v) is 6.80. The van der Waals surface area contributed by atoms with Gasteiger partial charge in [-0.25, -0.2) is 0 Å². The standard InChI is InChI=1S/C26H55N2O7P/c1-5-6-7-8-9-10-11-12-13-14-15-16-17-18-20-32-23-25(35-26(29)22-27)24-34-36(30,31)33-21-19-28(2,3)4/h25H,5-24,27H2,1-4H3/t25-/m1/s1. The zero-order chi connectivity index (χ0) is 27.1. The quantitative estimate of drug-likeness (QED) is 0.0736. The number of esters is 1. The highest BCUT2D eigenvalue weighted by Gasteiger charge is 2.19. The minimum atomic E-state index is -4.50. The van der Waals surface area contributed by atoms with Crippen LogP contribution in [0.1, 0.15) is 96.8 Å². The van der Waals surface area contributed by atoms with Crippen molar-refractivity contribution in [2.24, 2.45) is 5.73 Å². The maximum absolute atomic E-state index is 12.0. The Morgan fingerprint density at radius 2 is 1.31 bits per heavy atom. The van der Waals surface area contributed by atoms with Crippen LogP contribution in [0.15, 0.2) is 0 Å². The smallest absolute Gasteiger partial charge is 0.320 e. The summed E-state index contributed by atoms with van der Waals surface area (Å²) < 4.78 is 33.1. The molecule has 0 fully saturated rings. The van der Waals surface area contributed by atoms with Gasteiger partial charge in [0.2, 0.25) is 0 Å². The van der Waals surface area contributed by atoms with Gasteiger partial charge in [-0.15, -0.1) is 0 Å². The lowest BCUT2D eigenvalue weighted by Crippen LogP contribution is -2.37. The Labute approximate surface area is 220 Å². The number of phosphoric acid groups is 1. The topological polar surface area (TPSA) is 120 Å². The molecule has 0 saturated carbocycles. The van der Waals surface area contributed by atoms with E-state index in [4.69, 9.17) is 24.3 Å². The van der Waals surface area contributed by atoms with Crippen LogP contribution in [0.25, 0.3) is 0 Å². The van der Waals surface area contributed by atoms with Crippen LogP contribution in [0, 0.1) is 0 Å². The lowest BCUT2D eigenvalue weighted by atomic mass is 10.0. The van der Waals surface area contributed by atoms with Crippen molar-refractivity contribution in [1.82, 2.24) is 0 Å². The van der Waals surface area contributed by atoms with Crippen molar-refractivity contribution >= 4 is 13.8 Å². The van der Waals surface area contributed by atoms with Crippen molar-refractivity contribution in [2.75, 3.05) is 60.7 Å². The number of likely N-dealkylation sites (N-methyl/N-ethyl adjacent to an activating group) is 1. The molecule has 2 atom stereocenters. The van der Waals surface area contributed by atoms with Gasteiger partial charge in [0.25, 0.3) is 7.82 Å². The van der Waals surface area contributed by atoms with Crippen molar-refractivity contribution in [3.63, 3.8) is 0 Å². The van der Waals surface area contributed by atoms with Crippen LogP contribution in [0.2, 0.25) is 0 Å². The molecule has 0 aromatic heterocycles. The number of hydrogen-bond acceptors (Lipinski definition) is 8. The summed E-state index contributed by atoms with van der Waals surface area (Å²) in [5.41, 5.74) is 5.30. The van der Waals surface area contributed by atoms with Crippen molar-refractivity contribution in [3.05, 3.63) is 0 Å². The second-order valence-corrected chi connectivity index (χ2v) is 12.0. The number of rotatable bonds is 26. The Bertz CT molecular complexity index is 573. The molecule has 0 aliphatic heterocycles. The van der Waals surface area contributed by atoms with Crippen molar-refractivity contribution in [3.8, 4) is 0 Å². The lowest BCUT2D eigenvalue weighted by molar-refractivity contribution is -0.870. The number of unbranched alkanes of at least 4 members (excludes halogenated alkanes) is 13. The molecule has 0 aliphatic rings. The summed E-state index contributed by atoms with van der Waals surface area (Å²) in [4.78, 5) is 23.5. The Kier molecular flexibility index (Phi) is 22.1. The van der Waals surface area contributed by atoms with Gasteiger partial charge in [0.05, 0.1) is 40.9 Å². The van der Waals surface area contributed by atoms with Crippen LogP contribution in [0.3, 0.4) is 0 Å². The maximum atomic E-state index is 12.0. The van der Waals surface area contributed by atoms with Gasteiger partial charge in [-0.3, -0.25) is 9.36 Å². The molecular formula is C26H55N2O7P.